The van der Waals surface area contributed by atoms with Gasteiger partial charge in [0.2, 0.25) is 0 Å². The fourth-order valence-electron chi connectivity index (χ4n) is 3.07. The third-order valence-electron chi connectivity index (χ3n) is 4.55. The number of aromatic nitrogens is 1. The number of pyridine rings is 1. The predicted molar refractivity (Wildman–Crippen MR) is 115 cm³/mol. The molecule has 0 radical (unpaired) electrons. The number of aryl methyl sites for hydroxylation is 1. The summed E-state index contributed by atoms with van der Waals surface area (Å²) in [4.78, 5) is 0. The second kappa shape index (κ2) is 21.9. The molecule has 0 spiro atoms. The average molecular weight is 476 g/mol. The minimum absolute atomic E-state index is 1.18. The van der Waals surface area contributed by atoms with Crippen LogP contribution >= 0.6 is 29.1 Å². The fourth-order valence-corrected chi connectivity index (χ4v) is 3.07. The van der Waals surface area contributed by atoms with Gasteiger partial charge in [-0.2, -0.15) is 0 Å². The van der Waals surface area contributed by atoms with Crippen LogP contribution in [-0.4, -0.2) is 0 Å². The third-order valence-corrected chi connectivity index (χ3v) is 4.55. The molecule has 0 saturated carbocycles. The van der Waals surface area contributed by atoms with Gasteiger partial charge in [-0.15, -0.1) is 0 Å². The van der Waals surface area contributed by atoms with Crippen molar-refractivity contribution in [2.45, 2.75) is 103 Å². The first kappa shape index (κ1) is 26.6. The Kier molecular flexibility index (Phi) is 22.5. The molecule has 1 rings (SSSR count). The molecule has 0 bridgehead atoms. The van der Waals surface area contributed by atoms with E-state index < -0.39 is 13.0 Å². The fraction of sp³-hybridized carbons (Fsp3) is 0.762. The van der Waals surface area contributed by atoms with Gasteiger partial charge in [-0.3, -0.25) is 0 Å². The van der Waals surface area contributed by atoms with Crippen LogP contribution in [0.15, 0.2) is 30.6 Å². The van der Waals surface area contributed by atoms with Gasteiger partial charge in [-0.1, -0.05) is 90.0 Å². The molecule has 0 unspecified atom stereocenters. The van der Waals surface area contributed by atoms with Crippen molar-refractivity contribution in [1.82, 2.24) is 0 Å². The van der Waals surface area contributed by atoms with E-state index in [1.165, 1.54) is 96.4 Å². The Morgan fingerprint density at radius 1 is 0.577 bits per heavy atom. The molecule has 1 aromatic heterocycles. The van der Waals surface area contributed by atoms with E-state index in [0.717, 1.165) is 0 Å². The van der Waals surface area contributed by atoms with E-state index in [0.29, 0.717) is 0 Å². The maximum absolute atomic E-state index is 5.01. The van der Waals surface area contributed by atoms with Crippen LogP contribution in [0, 0.1) is 0 Å². The van der Waals surface area contributed by atoms with Gasteiger partial charge in [0.25, 0.3) is 0 Å². The zero-order valence-corrected chi connectivity index (χ0v) is 22.0. The molecule has 150 valence electrons. The van der Waals surface area contributed by atoms with Gasteiger partial charge < -0.3 is 0 Å². The van der Waals surface area contributed by atoms with E-state index in [1.807, 2.05) is 0 Å². The van der Waals surface area contributed by atoms with E-state index in [1.54, 1.807) is 0 Å². The average Bonchev–Trinajstić information content (AvgIpc) is 2.62. The van der Waals surface area contributed by atoms with E-state index in [4.69, 9.17) is 29.1 Å². The van der Waals surface area contributed by atoms with Crippen molar-refractivity contribution in [3.05, 3.63) is 30.6 Å². The molecule has 0 amide bonds. The molecule has 26 heavy (non-hydrogen) atoms. The maximum atomic E-state index is 5.01. The van der Waals surface area contributed by atoms with Crippen molar-refractivity contribution in [3.8, 4) is 0 Å². The van der Waals surface area contributed by atoms with E-state index in [2.05, 4.69) is 42.1 Å². The summed E-state index contributed by atoms with van der Waals surface area (Å²) in [7, 11) is 15.0. The van der Waals surface area contributed by atoms with Crippen LogP contribution in [0.25, 0.3) is 0 Å². The van der Waals surface area contributed by atoms with Crippen LogP contribution in [-0.2, 0) is 19.5 Å². The summed E-state index contributed by atoms with van der Waals surface area (Å²) >= 11 is -2.21. The summed E-state index contributed by atoms with van der Waals surface area (Å²) in [6.45, 7) is 3.47. The normalized spacial score (nSPS) is 10.3. The van der Waals surface area contributed by atoms with Gasteiger partial charge in [-0.05, 0) is 6.42 Å². The zero-order valence-electron chi connectivity index (χ0n) is 16.8. The minimum atomic E-state index is -2.21. The molecule has 0 N–H and O–H groups in total. The van der Waals surface area contributed by atoms with Crippen LogP contribution in [0.3, 0.4) is 0 Å². The topological polar surface area (TPSA) is 3.88 Å². The summed E-state index contributed by atoms with van der Waals surface area (Å²) in [6.07, 6.45) is 24.4. The van der Waals surface area contributed by atoms with Gasteiger partial charge in [0.1, 0.15) is 6.54 Å². The van der Waals surface area contributed by atoms with Crippen molar-refractivity contribution in [2.24, 2.45) is 0 Å². The first-order valence-corrected chi connectivity index (χ1v) is 22.4. The second-order valence-corrected chi connectivity index (χ2v) is 20.9. The molecule has 0 saturated heterocycles. The molecular weight excluding hydrogens is 438 g/mol. The van der Waals surface area contributed by atoms with Crippen LogP contribution in [0.4, 0.5) is 0 Å². The standard InChI is InChI=1S/C21H38N.3ClH.Zn/c1-2-3-4-5-6-7-8-9-10-11-12-13-14-16-19-22-20-17-15-18-21-22;;;;/h15,17-18,20-21H,2-14,16,19H2,1H3;3*1H;/q+1;;;;+2/p-3. The van der Waals surface area contributed by atoms with Crippen molar-refractivity contribution >= 4 is 29.1 Å². The first-order chi connectivity index (χ1) is 12.7. The van der Waals surface area contributed by atoms with E-state index in [9.17, 15) is 0 Å². The summed E-state index contributed by atoms with van der Waals surface area (Å²) < 4.78 is 2.29. The summed E-state index contributed by atoms with van der Waals surface area (Å²) in [6, 6.07) is 6.31. The van der Waals surface area contributed by atoms with E-state index in [-0.39, 0.29) is 0 Å². The third kappa shape index (κ3) is 22.7. The Labute approximate surface area is 179 Å². The van der Waals surface area contributed by atoms with Crippen molar-refractivity contribution in [1.29, 1.82) is 0 Å². The zero-order chi connectivity index (χ0) is 19.3. The molecule has 5 heteroatoms. The van der Waals surface area contributed by atoms with E-state index >= 15 is 0 Å². The predicted octanol–water partition coefficient (Wildman–Crippen LogP) is 8.52. The van der Waals surface area contributed by atoms with Crippen molar-refractivity contribution < 1.29 is 17.5 Å². The Hall–Kier alpha value is 0.643. The summed E-state index contributed by atoms with van der Waals surface area (Å²) in [5, 5.41) is 0. The van der Waals surface area contributed by atoms with Crippen molar-refractivity contribution in [3.63, 3.8) is 0 Å². The van der Waals surface area contributed by atoms with Crippen molar-refractivity contribution in [2.75, 3.05) is 0 Å². The van der Waals surface area contributed by atoms with Gasteiger partial charge in [0.15, 0.2) is 12.4 Å². The SMILES string of the molecule is CCCCCCCCCCCCCCCC[n+]1ccccc1.[Cl][Zn-]([Cl])[Cl]. The summed E-state index contributed by atoms with van der Waals surface area (Å²) in [5.74, 6) is 0. The molecule has 0 aliphatic carbocycles. The van der Waals surface area contributed by atoms with Gasteiger partial charge in [-0.25, -0.2) is 4.57 Å². The molecular formula is C21H38Cl3NZn. The number of rotatable bonds is 15. The van der Waals surface area contributed by atoms with Crippen LogP contribution in [0.5, 0.6) is 0 Å². The molecule has 0 atom stereocenters. The Balaban J connectivity index is 0.00000141. The monoisotopic (exact) mass is 473 g/mol. The molecule has 0 aliphatic heterocycles. The molecule has 0 aromatic carbocycles. The Morgan fingerprint density at radius 2 is 0.923 bits per heavy atom. The second-order valence-electron chi connectivity index (χ2n) is 7.01. The molecule has 1 nitrogen and oxygen atoms in total. The van der Waals surface area contributed by atoms with Gasteiger partial charge in [0, 0.05) is 18.6 Å². The number of nitrogens with zero attached hydrogens (tertiary/aromatic N) is 1. The number of hydrogen-bond donors (Lipinski definition) is 0. The van der Waals surface area contributed by atoms with Gasteiger partial charge >= 0.3 is 42.1 Å². The van der Waals surface area contributed by atoms with Crippen LogP contribution in [0.1, 0.15) is 96.8 Å². The molecule has 0 fully saturated rings. The number of unbranched alkanes of at least 4 members (excludes halogenated alkanes) is 13. The molecule has 0 aliphatic rings. The quantitative estimate of drug-likeness (QED) is 0.136. The Bertz CT molecular complexity index is 374. The number of hydrogen-bond acceptors (Lipinski definition) is 0. The first-order valence-electron chi connectivity index (χ1n) is 10.7. The summed E-state index contributed by atoms with van der Waals surface area (Å²) in [5.41, 5.74) is 0. The number of halogens is 3. The van der Waals surface area contributed by atoms with Crippen LogP contribution < -0.4 is 4.57 Å². The van der Waals surface area contributed by atoms with Crippen LogP contribution in [0.2, 0.25) is 0 Å². The Morgan fingerprint density at radius 3 is 1.31 bits per heavy atom. The van der Waals surface area contributed by atoms with Gasteiger partial charge in [0.05, 0.1) is 0 Å². The molecule has 1 heterocycles. The molecule has 1 aromatic rings.